The quantitative estimate of drug-likeness (QED) is 0.381. The van der Waals surface area contributed by atoms with E-state index < -0.39 is 17.7 Å². The zero-order valence-corrected chi connectivity index (χ0v) is 16.3. The van der Waals surface area contributed by atoms with Gasteiger partial charge in [-0.05, 0) is 61.7 Å². The molecule has 150 valence electrons. The van der Waals surface area contributed by atoms with Crippen molar-refractivity contribution in [2.75, 3.05) is 13.6 Å². The van der Waals surface area contributed by atoms with Crippen molar-refractivity contribution in [3.8, 4) is 0 Å². The van der Waals surface area contributed by atoms with Gasteiger partial charge in [-0.15, -0.1) is 0 Å². The van der Waals surface area contributed by atoms with Crippen LogP contribution < -0.4 is 0 Å². The van der Waals surface area contributed by atoms with E-state index in [2.05, 4.69) is 4.99 Å². The molecule has 2 aromatic rings. The van der Waals surface area contributed by atoms with Crippen LogP contribution in [0.1, 0.15) is 39.5 Å². The summed E-state index contributed by atoms with van der Waals surface area (Å²) in [6.07, 6.45) is -2.72. The summed E-state index contributed by atoms with van der Waals surface area (Å²) in [7, 11) is 1.91. The zero-order valence-electron chi connectivity index (χ0n) is 16.3. The number of esters is 1. The number of aliphatic imine (C=N–C) groups is 1. The first-order valence-corrected chi connectivity index (χ1v) is 8.81. The monoisotopic (exact) mass is 392 g/mol. The van der Waals surface area contributed by atoms with Crippen LogP contribution in [0.3, 0.4) is 0 Å². The van der Waals surface area contributed by atoms with Gasteiger partial charge >= 0.3 is 12.1 Å². The van der Waals surface area contributed by atoms with Crippen LogP contribution >= 0.6 is 0 Å². The predicted octanol–water partition coefficient (Wildman–Crippen LogP) is 5.29. The van der Waals surface area contributed by atoms with Gasteiger partial charge in [0.05, 0.1) is 23.2 Å². The van der Waals surface area contributed by atoms with Crippen molar-refractivity contribution in [2.24, 2.45) is 4.99 Å². The molecular formula is C21H23F3N2O2. The minimum Gasteiger partial charge on any atom is -0.457 e. The van der Waals surface area contributed by atoms with Crippen molar-refractivity contribution >= 4 is 18.0 Å². The molecule has 0 atom stereocenters. The van der Waals surface area contributed by atoms with E-state index in [0.29, 0.717) is 5.56 Å². The van der Waals surface area contributed by atoms with Crippen molar-refractivity contribution in [1.82, 2.24) is 4.90 Å². The maximum atomic E-state index is 12.8. The fourth-order valence-electron chi connectivity index (χ4n) is 2.47. The highest BCUT2D eigenvalue weighted by molar-refractivity contribution is 5.92. The fourth-order valence-corrected chi connectivity index (χ4v) is 2.47. The van der Waals surface area contributed by atoms with E-state index in [1.54, 1.807) is 25.4 Å². The van der Waals surface area contributed by atoms with Gasteiger partial charge in [-0.2, -0.15) is 13.2 Å². The summed E-state index contributed by atoms with van der Waals surface area (Å²) in [6.45, 7) is 6.24. The number of hydrogen-bond acceptors (Lipinski definition) is 3. The van der Waals surface area contributed by atoms with Gasteiger partial charge in [-0.1, -0.05) is 12.1 Å². The topological polar surface area (TPSA) is 41.9 Å². The highest BCUT2D eigenvalue weighted by Crippen LogP contribution is 2.30. The predicted molar refractivity (Wildman–Crippen MR) is 103 cm³/mol. The van der Waals surface area contributed by atoms with Crippen LogP contribution in [-0.4, -0.2) is 30.8 Å². The van der Waals surface area contributed by atoms with E-state index in [1.165, 1.54) is 12.1 Å². The number of rotatable bonds is 6. The molecule has 0 aliphatic heterocycles. The first-order chi connectivity index (χ1) is 13.1. The Hall–Kier alpha value is -2.83. The Morgan fingerprint density at radius 2 is 1.89 bits per heavy atom. The summed E-state index contributed by atoms with van der Waals surface area (Å²) >= 11 is 0. The van der Waals surface area contributed by atoms with Gasteiger partial charge in [0.15, 0.2) is 0 Å². The smallest absolute Gasteiger partial charge is 0.416 e. The lowest BCUT2D eigenvalue weighted by Gasteiger charge is -2.13. The van der Waals surface area contributed by atoms with Gasteiger partial charge in [0, 0.05) is 13.6 Å². The molecule has 0 amide bonds. The summed E-state index contributed by atoms with van der Waals surface area (Å²) in [4.78, 5) is 18.7. The van der Waals surface area contributed by atoms with Gasteiger partial charge in [0.25, 0.3) is 0 Å². The van der Waals surface area contributed by atoms with Crippen molar-refractivity contribution in [3.05, 3.63) is 64.2 Å². The molecule has 0 bridgehead atoms. The molecule has 0 N–H and O–H groups in total. The first-order valence-electron chi connectivity index (χ1n) is 8.81. The highest BCUT2D eigenvalue weighted by atomic mass is 19.4. The van der Waals surface area contributed by atoms with Crippen LogP contribution in [0.25, 0.3) is 0 Å². The van der Waals surface area contributed by atoms with Crippen LogP contribution in [0, 0.1) is 13.8 Å². The second kappa shape index (κ2) is 8.91. The van der Waals surface area contributed by atoms with Crippen LogP contribution in [-0.2, 0) is 17.5 Å². The van der Waals surface area contributed by atoms with E-state index in [0.717, 1.165) is 35.5 Å². The van der Waals surface area contributed by atoms with Gasteiger partial charge < -0.3 is 9.64 Å². The summed E-state index contributed by atoms with van der Waals surface area (Å²) < 4.78 is 43.6. The number of benzene rings is 2. The fraction of sp³-hybridized carbons (Fsp3) is 0.333. The Balaban J connectivity index is 2.13. The molecule has 7 heteroatoms. The van der Waals surface area contributed by atoms with Gasteiger partial charge in [0.2, 0.25) is 0 Å². The maximum Gasteiger partial charge on any atom is 0.416 e. The Morgan fingerprint density at radius 1 is 1.18 bits per heavy atom. The lowest BCUT2D eigenvalue weighted by molar-refractivity contribution is -0.137. The molecule has 0 aliphatic rings. The molecule has 2 aromatic carbocycles. The zero-order chi connectivity index (χ0) is 20.9. The van der Waals surface area contributed by atoms with Crippen LogP contribution in [0.15, 0.2) is 41.4 Å². The van der Waals surface area contributed by atoms with E-state index in [1.807, 2.05) is 25.8 Å². The molecule has 0 aromatic heterocycles. The summed E-state index contributed by atoms with van der Waals surface area (Å²) in [5, 5.41) is 0. The van der Waals surface area contributed by atoms with Crippen molar-refractivity contribution in [2.45, 2.75) is 33.6 Å². The second-order valence-corrected chi connectivity index (χ2v) is 6.47. The van der Waals surface area contributed by atoms with E-state index in [-0.39, 0.29) is 12.2 Å². The SMILES string of the molecule is CCN(C)C=Nc1ccc(C(=O)OCc2cccc(C(F)(F)F)c2)c(C)c1C. The molecule has 0 aliphatic carbocycles. The van der Waals surface area contributed by atoms with Crippen molar-refractivity contribution in [3.63, 3.8) is 0 Å². The molecule has 0 spiro atoms. The Bertz CT molecular complexity index is 876. The number of alkyl halides is 3. The van der Waals surface area contributed by atoms with Gasteiger partial charge in [-0.3, -0.25) is 0 Å². The third-order valence-corrected chi connectivity index (χ3v) is 4.50. The number of halogens is 3. The summed E-state index contributed by atoms with van der Waals surface area (Å²) in [5.41, 5.74) is 2.19. The Labute approximate surface area is 162 Å². The number of nitrogens with zero attached hydrogens (tertiary/aromatic N) is 2. The molecule has 0 fully saturated rings. The molecular weight excluding hydrogens is 369 g/mol. The van der Waals surface area contributed by atoms with Crippen LogP contribution in [0.5, 0.6) is 0 Å². The normalized spacial score (nSPS) is 11.7. The number of carbonyl (C=O) groups is 1. The second-order valence-electron chi connectivity index (χ2n) is 6.47. The van der Waals surface area contributed by atoms with Crippen LogP contribution in [0.4, 0.5) is 18.9 Å². The Kier molecular flexibility index (Phi) is 6.83. The molecule has 0 radical (unpaired) electrons. The number of carbonyl (C=O) groups excluding carboxylic acids is 1. The van der Waals surface area contributed by atoms with Gasteiger partial charge in [-0.25, -0.2) is 9.79 Å². The third-order valence-electron chi connectivity index (χ3n) is 4.50. The maximum absolute atomic E-state index is 12.8. The molecule has 0 unspecified atom stereocenters. The minimum absolute atomic E-state index is 0.234. The van der Waals surface area contributed by atoms with E-state index >= 15 is 0 Å². The van der Waals surface area contributed by atoms with Crippen molar-refractivity contribution in [1.29, 1.82) is 0 Å². The van der Waals surface area contributed by atoms with E-state index in [9.17, 15) is 18.0 Å². The first kappa shape index (κ1) is 21.5. The average molecular weight is 392 g/mol. The number of ether oxygens (including phenoxy) is 1. The Morgan fingerprint density at radius 3 is 2.54 bits per heavy atom. The minimum atomic E-state index is -4.43. The highest BCUT2D eigenvalue weighted by Gasteiger charge is 2.30. The van der Waals surface area contributed by atoms with Gasteiger partial charge in [0.1, 0.15) is 6.61 Å². The lowest BCUT2D eigenvalue weighted by Crippen LogP contribution is -2.14. The molecule has 2 rings (SSSR count). The summed E-state index contributed by atoms with van der Waals surface area (Å²) in [5.74, 6) is -0.584. The van der Waals surface area contributed by atoms with Crippen LogP contribution in [0.2, 0.25) is 0 Å². The largest absolute Gasteiger partial charge is 0.457 e. The lowest BCUT2D eigenvalue weighted by atomic mass is 10.0. The third kappa shape index (κ3) is 5.34. The average Bonchev–Trinajstić information content (AvgIpc) is 2.66. The molecule has 0 heterocycles. The molecule has 0 saturated carbocycles. The summed E-state index contributed by atoms with van der Waals surface area (Å²) in [6, 6.07) is 8.09. The standard InChI is InChI=1S/C21H23F3N2O2/c1-5-26(4)13-25-19-10-9-18(14(2)15(19)3)20(27)28-12-16-7-6-8-17(11-16)21(22,23)24/h6-11,13H,5,12H2,1-4H3. The number of hydrogen-bond donors (Lipinski definition) is 0. The molecule has 28 heavy (non-hydrogen) atoms. The van der Waals surface area contributed by atoms with Crippen molar-refractivity contribution < 1.29 is 22.7 Å². The van der Waals surface area contributed by atoms with E-state index in [4.69, 9.17) is 4.74 Å². The molecule has 0 saturated heterocycles. The molecule has 4 nitrogen and oxygen atoms in total.